The van der Waals surface area contributed by atoms with Gasteiger partial charge < -0.3 is 15.0 Å². The van der Waals surface area contributed by atoms with E-state index in [0.717, 1.165) is 16.9 Å². The minimum absolute atomic E-state index is 0.00793. The van der Waals surface area contributed by atoms with Crippen LogP contribution in [-0.2, 0) is 20.7 Å². The minimum Gasteiger partial charge on any atom is -0.452 e. The van der Waals surface area contributed by atoms with Crippen molar-refractivity contribution in [2.75, 3.05) is 25.5 Å². The Morgan fingerprint density at radius 1 is 1.13 bits per heavy atom. The molecule has 0 aromatic heterocycles. The number of para-hydroxylation sites is 1. The molecule has 158 valence electrons. The topological polar surface area (TPSA) is 119 Å². The van der Waals surface area contributed by atoms with Crippen LogP contribution in [0.15, 0.2) is 42.5 Å². The van der Waals surface area contributed by atoms with Gasteiger partial charge in [0.15, 0.2) is 6.61 Å². The fraction of sp³-hybridized carbons (Fsp3) is 0.286. The molecular weight excluding hydrogens is 390 g/mol. The number of likely N-dealkylation sites (N-methyl/N-ethyl adjacent to an activating group) is 1. The van der Waals surface area contributed by atoms with E-state index in [1.807, 2.05) is 19.1 Å². The predicted molar refractivity (Wildman–Crippen MR) is 110 cm³/mol. The molecule has 0 atom stereocenters. The summed E-state index contributed by atoms with van der Waals surface area (Å²) in [6.07, 6.45) is 0.748. The van der Waals surface area contributed by atoms with E-state index in [4.69, 9.17) is 4.74 Å². The molecule has 0 saturated heterocycles. The number of nitrogens with zero attached hydrogens (tertiary/aromatic N) is 2. The fourth-order valence-corrected chi connectivity index (χ4v) is 2.80. The molecule has 2 aromatic carbocycles. The Morgan fingerprint density at radius 2 is 1.83 bits per heavy atom. The van der Waals surface area contributed by atoms with Gasteiger partial charge in [-0.1, -0.05) is 31.2 Å². The summed E-state index contributed by atoms with van der Waals surface area (Å²) in [5, 5.41) is 13.7. The maximum atomic E-state index is 12.2. The highest BCUT2D eigenvalue weighted by atomic mass is 16.6. The number of aryl methyl sites for hydroxylation is 1. The van der Waals surface area contributed by atoms with Crippen LogP contribution in [0.3, 0.4) is 0 Å². The second-order valence-electron chi connectivity index (χ2n) is 6.59. The molecule has 0 aliphatic heterocycles. The van der Waals surface area contributed by atoms with Gasteiger partial charge in [0.25, 0.3) is 11.6 Å². The maximum Gasteiger partial charge on any atom is 0.339 e. The lowest BCUT2D eigenvalue weighted by Crippen LogP contribution is -2.37. The maximum absolute atomic E-state index is 12.2. The van der Waals surface area contributed by atoms with Crippen LogP contribution in [0.2, 0.25) is 0 Å². The Labute approximate surface area is 173 Å². The van der Waals surface area contributed by atoms with Gasteiger partial charge in [0.2, 0.25) is 5.91 Å². The Morgan fingerprint density at radius 3 is 2.50 bits per heavy atom. The first kappa shape index (κ1) is 22.5. The summed E-state index contributed by atoms with van der Waals surface area (Å²) in [6, 6.07) is 11.4. The van der Waals surface area contributed by atoms with Crippen molar-refractivity contribution in [3.05, 3.63) is 69.3 Å². The highest BCUT2D eigenvalue weighted by Crippen LogP contribution is 2.21. The van der Waals surface area contributed by atoms with E-state index in [9.17, 15) is 24.5 Å². The normalized spacial score (nSPS) is 10.2. The summed E-state index contributed by atoms with van der Waals surface area (Å²) in [7, 11) is 1.42. The predicted octanol–water partition coefficient (Wildman–Crippen LogP) is 2.72. The van der Waals surface area contributed by atoms with Crippen LogP contribution in [0.4, 0.5) is 11.4 Å². The number of carbonyl (C=O) groups is 3. The molecule has 0 aliphatic carbocycles. The van der Waals surface area contributed by atoms with Crippen molar-refractivity contribution >= 4 is 29.2 Å². The lowest BCUT2D eigenvalue weighted by atomic mass is 10.1. The average molecular weight is 413 g/mol. The third kappa shape index (κ3) is 5.63. The number of nitro groups is 1. The van der Waals surface area contributed by atoms with Crippen LogP contribution < -0.4 is 5.32 Å². The van der Waals surface area contributed by atoms with E-state index in [1.54, 1.807) is 12.1 Å². The highest BCUT2D eigenvalue weighted by Gasteiger charge is 2.21. The van der Waals surface area contributed by atoms with E-state index in [1.165, 1.54) is 32.2 Å². The van der Waals surface area contributed by atoms with Crippen molar-refractivity contribution in [1.82, 2.24) is 4.90 Å². The van der Waals surface area contributed by atoms with Gasteiger partial charge >= 0.3 is 5.97 Å². The zero-order valence-corrected chi connectivity index (χ0v) is 17.0. The van der Waals surface area contributed by atoms with Gasteiger partial charge in [-0.3, -0.25) is 19.7 Å². The molecule has 0 bridgehead atoms. The molecule has 1 N–H and O–H groups in total. The van der Waals surface area contributed by atoms with E-state index in [-0.39, 0.29) is 29.3 Å². The number of hydrogen-bond donors (Lipinski definition) is 1. The first-order chi connectivity index (χ1) is 14.2. The zero-order chi connectivity index (χ0) is 22.3. The van der Waals surface area contributed by atoms with Crippen LogP contribution in [0.25, 0.3) is 0 Å². The Bertz CT molecular complexity index is 973. The molecule has 30 heavy (non-hydrogen) atoms. The quantitative estimate of drug-likeness (QED) is 0.404. The lowest BCUT2D eigenvalue weighted by molar-refractivity contribution is -0.385. The molecule has 0 unspecified atom stereocenters. The smallest absolute Gasteiger partial charge is 0.339 e. The van der Waals surface area contributed by atoms with Gasteiger partial charge in [-0.2, -0.15) is 0 Å². The van der Waals surface area contributed by atoms with Gasteiger partial charge in [0.1, 0.15) is 0 Å². The molecule has 0 aliphatic rings. The summed E-state index contributed by atoms with van der Waals surface area (Å²) < 4.78 is 4.98. The van der Waals surface area contributed by atoms with E-state index in [0.29, 0.717) is 5.69 Å². The van der Waals surface area contributed by atoms with Crippen molar-refractivity contribution < 1.29 is 24.0 Å². The van der Waals surface area contributed by atoms with Crippen LogP contribution in [0.1, 0.15) is 28.4 Å². The number of hydrogen-bond acceptors (Lipinski definition) is 6. The minimum atomic E-state index is -0.848. The number of nitrogens with one attached hydrogen (secondary N) is 1. The molecule has 0 spiro atoms. The third-order valence-corrected chi connectivity index (χ3v) is 4.53. The van der Waals surface area contributed by atoms with Crippen LogP contribution in [0.5, 0.6) is 0 Å². The molecule has 0 radical (unpaired) electrons. The number of amides is 2. The molecule has 2 rings (SSSR count). The van der Waals surface area contributed by atoms with Crippen molar-refractivity contribution in [2.24, 2.45) is 0 Å². The average Bonchev–Trinajstić information content (AvgIpc) is 2.71. The zero-order valence-electron chi connectivity index (χ0n) is 17.0. The molecule has 2 amide bonds. The first-order valence-electron chi connectivity index (χ1n) is 9.27. The largest absolute Gasteiger partial charge is 0.452 e. The fourth-order valence-electron chi connectivity index (χ4n) is 2.80. The third-order valence-electron chi connectivity index (χ3n) is 4.53. The van der Waals surface area contributed by atoms with Crippen molar-refractivity contribution in [3.8, 4) is 0 Å². The number of ether oxygens (including phenoxy) is 1. The number of esters is 1. The van der Waals surface area contributed by atoms with Crippen molar-refractivity contribution in [2.45, 2.75) is 20.3 Å². The van der Waals surface area contributed by atoms with Gasteiger partial charge in [0.05, 0.1) is 17.0 Å². The number of rotatable bonds is 8. The Kier molecular flexibility index (Phi) is 7.62. The van der Waals surface area contributed by atoms with E-state index < -0.39 is 23.4 Å². The molecule has 0 heterocycles. The number of nitro benzene ring substituents is 1. The molecule has 0 fully saturated rings. The second-order valence-corrected chi connectivity index (χ2v) is 6.59. The van der Waals surface area contributed by atoms with Crippen LogP contribution in [-0.4, -0.2) is 47.8 Å². The Hall–Kier alpha value is -3.75. The standard InChI is InChI=1S/C21H23N3O6/c1-4-15-8-5-6-10-17(15)22-19(25)12-23(3)20(26)13-30-21(27)16-9-7-11-18(14(16)2)24(28)29/h5-11H,4,12-13H2,1-3H3,(H,22,25). The van der Waals surface area contributed by atoms with Gasteiger partial charge in [0, 0.05) is 24.4 Å². The summed E-state index contributed by atoms with van der Waals surface area (Å²) in [5.41, 5.74) is 1.60. The first-order valence-corrected chi connectivity index (χ1v) is 9.27. The van der Waals surface area contributed by atoms with Gasteiger partial charge in [-0.15, -0.1) is 0 Å². The van der Waals surface area contributed by atoms with Gasteiger partial charge in [-0.25, -0.2) is 4.79 Å². The van der Waals surface area contributed by atoms with Crippen LogP contribution in [0, 0.1) is 17.0 Å². The van der Waals surface area contributed by atoms with Crippen molar-refractivity contribution in [3.63, 3.8) is 0 Å². The molecule has 9 nitrogen and oxygen atoms in total. The number of anilines is 1. The highest BCUT2D eigenvalue weighted by molar-refractivity contribution is 5.96. The summed E-state index contributed by atoms with van der Waals surface area (Å²) in [5.74, 6) is -1.81. The second kappa shape index (κ2) is 10.1. The lowest BCUT2D eigenvalue weighted by Gasteiger charge is -2.17. The molecule has 2 aromatic rings. The number of benzene rings is 2. The molecule has 9 heteroatoms. The summed E-state index contributed by atoms with van der Waals surface area (Å²) in [4.78, 5) is 48.2. The summed E-state index contributed by atoms with van der Waals surface area (Å²) >= 11 is 0. The van der Waals surface area contributed by atoms with Gasteiger partial charge in [-0.05, 0) is 31.0 Å². The molecular formula is C21H23N3O6. The van der Waals surface area contributed by atoms with Crippen molar-refractivity contribution in [1.29, 1.82) is 0 Å². The van der Waals surface area contributed by atoms with E-state index in [2.05, 4.69) is 5.32 Å². The number of carbonyl (C=O) groups excluding carboxylic acids is 3. The monoisotopic (exact) mass is 413 g/mol. The molecule has 0 saturated carbocycles. The van der Waals surface area contributed by atoms with Crippen LogP contribution >= 0.6 is 0 Å². The van der Waals surface area contributed by atoms with E-state index >= 15 is 0 Å². The Balaban J connectivity index is 1.91. The summed E-state index contributed by atoms with van der Waals surface area (Å²) in [6.45, 7) is 2.60. The SMILES string of the molecule is CCc1ccccc1NC(=O)CN(C)C(=O)COC(=O)c1cccc([N+](=O)[O-])c1C.